The van der Waals surface area contributed by atoms with E-state index in [1.807, 2.05) is 25.1 Å². The Labute approximate surface area is 98.9 Å². The topological polar surface area (TPSA) is 41.8 Å². The van der Waals surface area contributed by atoms with E-state index in [1.165, 1.54) is 10.8 Å². The Hall–Kier alpha value is -1.61. The van der Waals surface area contributed by atoms with Crippen molar-refractivity contribution in [1.29, 1.82) is 0 Å². The normalized spacial score (nSPS) is 11.4. The van der Waals surface area contributed by atoms with Crippen LogP contribution in [-0.2, 0) is 0 Å². The Morgan fingerprint density at radius 1 is 1.06 bits per heavy atom. The number of aromatic amines is 1. The van der Waals surface area contributed by atoms with Crippen LogP contribution in [0.25, 0.3) is 21.8 Å². The molecule has 1 aromatic heterocycles. The number of anilines is 1. The minimum atomic E-state index is 0.824. The van der Waals surface area contributed by atoms with E-state index < -0.39 is 0 Å². The third-order valence-electron chi connectivity index (χ3n) is 2.97. The zero-order valence-electron chi connectivity index (χ0n) is 8.91. The maximum Gasteiger partial charge on any atom is 0.0485 e. The number of fused-ring (bicyclic) bond motifs is 3. The van der Waals surface area contributed by atoms with Crippen LogP contribution < -0.4 is 5.73 Å². The molecule has 0 saturated carbocycles. The smallest absolute Gasteiger partial charge is 0.0485 e. The highest BCUT2D eigenvalue weighted by Gasteiger charge is 2.06. The van der Waals surface area contributed by atoms with Gasteiger partial charge in [0.25, 0.3) is 0 Å². The summed E-state index contributed by atoms with van der Waals surface area (Å²) in [5, 5.41) is 2.44. The van der Waals surface area contributed by atoms with Crippen LogP contribution in [-0.4, -0.2) is 4.98 Å². The van der Waals surface area contributed by atoms with E-state index in [1.54, 1.807) is 0 Å². The molecule has 0 atom stereocenters. The van der Waals surface area contributed by atoms with Gasteiger partial charge >= 0.3 is 0 Å². The van der Waals surface area contributed by atoms with Crippen molar-refractivity contribution in [2.45, 2.75) is 11.8 Å². The van der Waals surface area contributed by atoms with Crippen molar-refractivity contribution in [2.75, 3.05) is 5.73 Å². The number of benzene rings is 2. The van der Waals surface area contributed by atoms with Crippen LogP contribution in [0.15, 0.2) is 35.2 Å². The molecule has 3 aromatic rings. The summed E-state index contributed by atoms with van der Waals surface area (Å²) in [6.07, 6.45) is 0. The summed E-state index contributed by atoms with van der Waals surface area (Å²) in [5.74, 6) is 0. The van der Waals surface area contributed by atoms with Gasteiger partial charge in [0, 0.05) is 32.4 Å². The largest absolute Gasteiger partial charge is 0.398 e. The van der Waals surface area contributed by atoms with E-state index in [2.05, 4.69) is 29.7 Å². The number of nitrogens with one attached hydrogen (secondary N) is 1. The maximum absolute atomic E-state index is 5.90. The molecule has 0 aliphatic rings. The standard InChI is InChI=1S/C13H12N2S/c1-7-4-10-9-3-2-8(16)5-12(9)15-13(10)6-11(7)14/h2-6,15-16H,14H2,1H3. The molecule has 0 saturated heterocycles. The van der Waals surface area contributed by atoms with Gasteiger partial charge in [0.15, 0.2) is 0 Å². The fourth-order valence-electron chi connectivity index (χ4n) is 2.07. The number of aromatic nitrogens is 1. The molecule has 2 aromatic carbocycles. The second-order valence-electron chi connectivity index (χ2n) is 4.11. The monoisotopic (exact) mass is 228 g/mol. The van der Waals surface area contributed by atoms with Gasteiger partial charge in [-0.05, 0) is 36.8 Å². The Bertz CT molecular complexity index is 698. The number of hydrogen-bond acceptors (Lipinski definition) is 2. The van der Waals surface area contributed by atoms with E-state index in [9.17, 15) is 0 Å². The first-order valence-corrected chi connectivity index (χ1v) is 5.60. The van der Waals surface area contributed by atoms with Gasteiger partial charge in [0.1, 0.15) is 0 Å². The number of H-pyrrole nitrogens is 1. The van der Waals surface area contributed by atoms with Crippen LogP contribution in [0.4, 0.5) is 5.69 Å². The molecular weight excluding hydrogens is 216 g/mol. The molecule has 2 nitrogen and oxygen atoms in total. The highest BCUT2D eigenvalue weighted by atomic mass is 32.1. The molecule has 0 radical (unpaired) electrons. The van der Waals surface area contributed by atoms with Gasteiger partial charge < -0.3 is 10.7 Å². The molecule has 0 aliphatic heterocycles. The summed E-state index contributed by atoms with van der Waals surface area (Å²) in [5.41, 5.74) is 10.0. The van der Waals surface area contributed by atoms with Crippen LogP contribution in [0.1, 0.15) is 5.56 Å². The SMILES string of the molecule is Cc1cc2c(cc1N)[nH]c1cc(S)ccc12. The first kappa shape index (κ1) is 9.60. The molecule has 16 heavy (non-hydrogen) atoms. The number of thiol groups is 1. The minimum Gasteiger partial charge on any atom is -0.398 e. The van der Waals surface area contributed by atoms with E-state index in [4.69, 9.17) is 5.73 Å². The van der Waals surface area contributed by atoms with Crippen molar-refractivity contribution in [3.63, 3.8) is 0 Å². The van der Waals surface area contributed by atoms with Gasteiger partial charge in [-0.15, -0.1) is 12.6 Å². The molecule has 0 amide bonds. The molecule has 0 unspecified atom stereocenters. The van der Waals surface area contributed by atoms with Crippen LogP contribution in [0.2, 0.25) is 0 Å². The van der Waals surface area contributed by atoms with Crippen molar-refractivity contribution in [3.8, 4) is 0 Å². The average Bonchev–Trinajstić information content (AvgIpc) is 2.55. The predicted molar refractivity (Wildman–Crippen MR) is 72.2 cm³/mol. The third kappa shape index (κ3) is 1.28. The van der Waals surface area contributed by atoms with Gasteiger partial charge in [0.05, 0.1) is 0 Å². The van der Waals surface area contributed by atoms with Gasteiger partial charge in [-0.3, -0.25) is 0 Å². The summed E-state index contributed by atoms with van der Waals surface area (Å²) in [7, 11) is 0. The van der Waals surface area contributed by atoms with Crippen molar-refractivity contribution in [3.05, 3.63) is 35.9 Å². The van der Waals surface area contributed by atoms with Gasteiger partial charge in [-0.25, -0.2) is 0 Å². The second-order valence-corrected chi connectivity index (χ2v) is 4.63. The van der Waals surface area contributed by atoms with E-state index >= 15 is 0 Å². The molecule has 0 fully saturated rings. The van der Waals surface area contributed by atoms with Crippen LogP contribution in [0.5, 0.6) is 0 Å². The Morgan fingerprint density at radius 3 is 2.62 bits per heavy atom. The van der Waals surface area contributed by atoms with Gasteiger partial charge in [-0.2, -0.15) is 0 Å². The molecule has 0 bridgehead atoms. The molecule has 3 heteroatoms. The maximum atomic E-state index is 5.90. The first-order chi connectivity index (χ1) is 7.65. The quantitative estimate of drug-likeness (QED) is 0.400. The van der Waals surface area contributed by atoms with E-state index in [0.29, 0.717) is 0 Å². The van der Waals surface area contributed by atoms with E-state index in [0.717, 1.165) is 27.2 Å². The molecule has 3 rings (SSSR count). The molecule has 0 aliphatic carbocycles. The Kier molecular flexibility index (Phi) is 1.91. The van der Waals surface area contributed by atoms with E-state index in [-0.39, 0.29) is 0 Å². The number of nitrogens with two attached hydrogens (primary N) is 1. The van der Waals surface area contributed by atoms with Gasteiger partial charge in [-0.1, -0.05) is 6.07 Å². The summed E-state index contributed by atoms with van der Waals surface area (Å²) in [6, 6.07) is 10.2. The predicted octanol–water partition coefficient (Wildman–Crippen LogP) is 3.50. The number of aryl methyl sites for hydroxylation is 1. The zero-order valence-corrected chi connectivity index (χ0v) is 9.81. The number of rotatable bonds is 0. The molecule has 0 spiro atoms. The number of hydrogen-bond donors (Lipinski definition) is 3. The summed E-state index contributed by atoms with van der Waals surface area (Å²) in [4.78, 5) is 4.32. The van der Waals surface area contributed by atoms with Crippen molar-refractivity contribution in [2.24, 2.45) is 0 Å². The minimum absolute atomic E-state index is 0.824. The first-order valence-electron chi connectivity index (χ1n) is 5.16. The van der Waals surface area contributed by atoms with Crippen LogP contribution in [0, 0.1) is 6.92 Å². The Morgan fingerprint density at radius 2 is 1.81 bits per heavy atom. The lowest BCUT2D eigenvalue weighted by Crippen LogP contribution is -1.88. The lowest BCUT2D eigenvalue weighted by atomic mass is 10.1. The van der Waals surface area contributed by atoms with Crippen molar-refractivity contribution >= 4 is 40.1 Å². The lowest BCUT2D eigenvalue weighted by Gasteiger charge is -1.99. The van der Waals surface area contributed by atoms with Crippen molar-refractivity contribution in [1.82, 2.24) is 4.98 Å². The lowest BCUT2D eigenvalue weighted by molar-refractivity contribution is 1.46. The highest BCUT2D eigenvalue weighted by Crippen LogP contribution is 2.29. The van der Waals surface area contributed by atoms with Crippen LogP contribution in [0.3, 0.4) is 0 Å². The molecule has 1 heterocycles. The number of nitrogen functional groups attached to an aromatic ring is 1. The fourth-order valence-corrected chi connectivity index (χ4v) is 2.27. The average molecular weight is 228 g/mol. The van der Waals surface area contributed by atoms with Gasteiger partial charge in [0.2, 0.25) is 0 Å². The Balaban J connectivity index is 2.51. The summed E-state index contributed by atoms with van der Waals surface area (Å²) in [6.45, 7) is 2.03. The summed E-state index contributed by atoms with van der Waals surface area (Å²) >= 11 is 4.34. The zero-order chi connectivity index (χ0) is 11.3. The third-order valence-corrected chi connectivity index (χ3v) is 3.25. The molecule has 80 valence electrons. The molecular formula is C13H12N2S. The second kappa shape index (κ2) is 3.19. The highest BCUT2D eigenvalue weighted by molar-refractivity contribution is 7.80. The molecule has 3 N–H and O–H groups in total. The van der Waals surface area contributed by atoms with Crippen LogP contribution >= 0.6 is 12.6 Å². The summed E-state index contributed by atoms with van der Waals surface area (Å²) < 4.78 is 0. The van der Waals surface area contributed by atoms with Crippen molar-refractivity contribution < 1.29 is 0 Å². The fraction of sp³-hybridized carbons (Fsp3) is 0.0769.